The highest BCUT2D eigenvalue weighted by molar-refractivity contribution is 7.89. The SMILES string of the molecule is Cl.Cn1ncc(Cl)c1S(=O)(=O)N1CCCC(CN)C1. The minimum atomic E-state index is -3.58. The molecule has 0 amide bonds. The summed E-state index contributed by atoms with van der Waals surface area (Å²) in [6.45, 7) is 1.48. The van der Waals surface area contributed by atoms with E-state index in [1.807, 2.05) is 0 Å². The van der Waals surface area contributed by atoms with Crippen molar-refractivity contribution in [3.05, 3.63) is 11.2 Å². The summed E-state index contributed by atoms with van der Waals surface area (Å²) in [5.74, 6) is 0.223. The van der Waals surface area contributed by atoms with Crippen LogP contribution in [-0.4, -0.2) is 42.1 Å². The van der Waals surface area contributed by atoms with Gasteiger partial charge in [0.05, 0.1) is 11.2 Å². The van der Waals surface area contributed by atoms with Gasteiger partial charge in [-0.25, -0.2) is 8.42 Å². The molecule has 1 aromatic rings. The van der Waals surface area contributed by atoms with Crippen molar-refractivity contribution in [2.45, 2.75) is 17.9 Å². The van der Waals surface area contributed by atoms with Crippen molar-refractivity contribution < 1.29 is 8.42 Å². The van der Waals surface area contributed by atoms with Crippen LogP contribution in [0.1, 0.15) is 12.8 Å². The van der Waals surface area contributed by atoms with Gasteiger partial charge < -0.3 is 5.73 Å². The van der Waals surface area contributed by atoms with Crippen LogP contribution in [0.25, 0.3) is 0 Å². The molecular formula is C10H18Cl2N4O2S. The van der Waals surface area contributed by atoms with Crippen LogP contribution in [0.3, 0.4) is 0 Å². The van der Waals surface area contributed by atoms with Crippen LogP contribution < -0.4 is 5.73 Å². The van der Waals surface area contributed by atoms with Crippen molar-refractivity contribution in [3.8, 4) is 0 Å². The number of nitrogens with zero attached hydrogens (tertiary/aromatic N) is 3. The number of rotatable bonds is 3. The van der Waals surface area contributed by atoms with Gasteiger partial charge in [0.25, 0.3) is 10.0 Å². The van der Waals surface area contributed by atoms with E-state index in [1.54, 1.807) is 7.05 Å². The zero-order valence-electron chi connectivity index (χ0n) is 10.6. The molecule has 1 aliphatic heterocycles. The molecule has 2 N–H and O–H groups in total. The first-order valence-corrected chi connectivity index (χ1v) is 7.66. The van der Waals surface area contributed by atoms with Crippen LogP contribution in [0.4, 0.5) is 0 Å². The maximum Gasteiger partial charge on any atom is 0.261 e. The Kier molecular flexibility index (Phi) is 5.64. The molecule has 1 unspecified atom stereocenters. The molecule has 0 radical (unpaired) electrons. The van der Waals surface area contributed by atoms with Crippen molar-refractivity contribution in [3.63, 3.8) is 0 Å². The molecule has 19 heavy (non-hydrogen) atoms. The first-order chi connectivity index (χ1) is 8.46. The maximum absolute atomic E-state index is 12.5. The average molecular weight is 329 g/mol. The number of hydrogen-bond donors (Lipinski definition) is 1. The van der Waals surface area contributed by atoms with Crippen molar-refractivity contribution >= 4 is 34.0 Å². The lowest BCUT2D eigenvalue weighted by molar-refractivity contribution is 0.270. The lowest BCUT2D eigenvalue weighted by Gasteiger charge is -2.31. The Labute approximate surface area is 124 Å². The molecule has 0 aliphatic carbocycles. The normalized spacial score (nSPS) is 21.1. The highest BCUT2D eigenvalue weighted by Gasteiger charge is 2.33. The summed E-state index contributed by atoms with van der Waals surface area (Å²) in [6, 6.07) is 0. The predicted molar refractivity (Wildman–Crippen MR) is 76.0 cm³/mol. The van der Waals surface area contributed by atoms with Gasteiger partial charge in [-0.15, -0.1) is 12.4 Å². The second kappa shape index (κ2) is 6.41. The van der Waals surface area contributed by atoms with E-state index in [0.29, 0.717) is 19.6 Å². The number of piperidine rings is 1. The van der Waals surface area contributed by atoms with Crippen molar-refractivity contribution in [2.24, 2.45) is 18.7 Å². The number of nitrogens with two attached hydrogens (primary N) is 1. The second-order valence-corrected chi connectivity index (χ2v) is 6.79. The van der Waals surface area contributed by atoms with E-state index < -0.39 is 10.0 Å². The smallest absolute Gasteiger partial charge is 0.261 e. The zero-order valence-corrected chi connectivity index (χ0v) is 13.0. The Balaban J connectivity index is 0.00000180. The standard InChI is InChI=1S/C10H17ClN4O2S.ClH/c1-14-10(9(11)6-13-14)18(16,17)15-4-2-3-8(5-12)7-15;/h6,8H,2-5,7,12H2,1H3;1H. The number of hydrogen-bond acceptors (Lipinski definition) is 4. The van der Waals surface area contributed by atoms with Gasteiger partial charge in [0.2, 0.25) is 0 Å². The Morgan fingerprint density at radius 1 is 1.58 bits per heavy atom. The number of aryl methyl sites for hydroxylation is 1. The molecular weight excluding hydrogens is 311 g/mol. The molecule has 110 valence electrons. The van der Waals surface area contributed by atoms with Gasteiger partial charge in [-0.3, -0.25) is 4.68 Å². The van der Waals surface area contributed by atoms with E-state index in [4.69, 9.17) is 17.3 Å². The highest BCUT2D eigenvalue weighted by Crippen LogP contribution is 2.27. The van der Waals surface area contributed by atoms with E-state index in [9.17, 15) is 8.42 Å². The summed E-state index contributed by atoms with van der Waals surface area (Å²) in [6.07, 6.45) is 3.15. The van der Waals surface area contributed by atoms with E-state index >= 15 is 0 Å². The zero-order chi connectivity index (χ0) is 13.3. The molecule has 9 heteroatoms. The molecule has 0 saturated carbocycles. The fraction of sp³-hybridized carbons (Fsp3) is 0.700. The van der Waals surface area contributed by atoms with Crippen LogP contribution in [-0.2, 0) is 17.1 Å². The molecule has 6 nitrogen and oxygen atoms in total. The summed E-state index contributed by atoms with van der Waals surface area (Å²) < 4.78 is 27.7. The molecule has 2 heterocycles. The monoisotopic (exact) mass is 328 g/mol. The van der Waals surface area contributed by atoms with Crippen LogP contribution in [0.15, 0.2) is 11.2 Å². The van der Waals surface area contributed by atoms with E-state index in [0.717, 1.165) is 12.8 Å². The van der Waals surface area contributed by atoms with Crippen molar-refractivity contribution in [2.75, 3.05) is 19.6 Å². The summed E-state index contributed by atoms with van der Waals surface area (Å²) in [4.78, 5) is 0. The van der Waals surface area contributed by atoms with Crippen LogP contribution in [0, 0.1) is 5.92 Å². The van der Waals surface area contributed by atoms with Crippen molar-refractivity contribution in [1.29, 1.82) is 0 Å². The summed E-state index contributed by atoms with van der Waals surface area (Å²) in [5, 5.41) is 4.09. The third kappa shape index (κ3) is 3.22. The minimum Gasteiger partial charge on any atom is -0.330 e. The second-order valence-electron chi connectivity index (χ2n) is 4.53. The third-order valence-electron chi connectivity index (χ3n) is 3.24. The Hall–Kier alpha value is -0.340. The Bertz CT molecular complexity index is 512. The largest absolute Gasteiger partial charge is 0.330 e. The third-order valence-corrected chi connectivity index (χ3v) is 5.61. The summed E-state index contributed by atoms with van der Waals surface area (Å²) in [5.41, 5.74) is 5.62. The molecule has 0 bridgehead atoms. The number of sulfonamides is 1. The molecule has 1 fully saturated rings. The lowest BCUT2D eigenvalue weighted by Crippen LogP contribution is -2.42. The molecule has 2 rings (SSSR count). The fourth-order valence-electron chi connectivity index (χ4n) is 2.25. The van der Waals surface area contributed by atoms with Gasteiger partial charge in [0.15, 0.2) is 5.03 Å². The van der Waals surface area contributed by atoms with Gasteiger partial charge in [0, 0.05) is 20.1 Å². The average Bonchev–Trinajstić information content (AvgIpc) is 2.69. The van der Waals surface area contributed by atoms with Crippen molar-refractivity contribution in [1.82, 2.24) is 14.1 Å². The van der Waals surface area contributed by atoms with Gasteiger partial charge in [-0.05, 0) is 25.3 Å². The van der Waals surface area contributed by atoms with Crippen LogP contribution >= 0.6 is 24.0 Å². The first kappa shape index (κ1) is 16.7. The Morgan fingerprint density at radius 2 is 2.26 bits per heavy atom. The van der Waals surface area contributed by atoms with E-state index in [2.05, 4.69) is 5.10 Å². The van der Waals surface area contributed by atoms with Crippen LogP contribution in [0.2, 0.25) is 5.02 Å². The topological polar surface area (TPSA) is 81.2 Å². The van der Waals surface area contributed by atoms with E-state index in [1.165, 1.54) is 15.2 Å². The maximum atomic E-state index is 12.5. The molecule has 1 atom stereocenters. The van der Waals surface area contributed by atoms with Gasteiger partial charge in [0.1, 0.15) is 0 Å². The fourth-order valence-corrected chi connectivity index (χ4v) is 4.41. The molecule has 0 spiro atoms. The van der Waals surface area contributed by atoms with Gasteiger partial charge >= 0.3 is 0 Å². The van der Waals surface area contributed by atoms with Gasteiger partial charge in [-0.1, -0.05) is 11.6 Å². The number of halogens is 2. The summed E-state index contributed by atoms with van der Waals surface area (Å²) >= 11 is 5.91. The molecule has 1 saturated heterocycles. The van der Waals surface area contributed by atoms with E-state index in [-0.39, 0.29) is 28.4 Å². The Morgan fingerprint density at radius 3 is 2.79 bits per heavy atom. The highest BCUT2D eigenvalue weighted by atomic mass is 35.5. The first-order valence-electron chi connectivity index (χ1n) is 5.84. The lowest BCUT2D eigenvalue weighted by atomic mass is 10.0. The van der Waals surface area contributed by atoms with Crippen LogP contribution in [0.5, 0.6) is 0 Å². The minimum absolute atomic E-state index is 0. The van der Waals surface area contributed by atoms with Gasteiger partial charge in [-0.2, -0.15) is 9.40 Å². The predicted octanol–water partition coefficient (Wildman–Crippen LogP) is 0.855. The molecule has 0 aromatic carbocycles. The summed E-state index contributed by atoms with van der Waals surface area (Å²) in [7, 11) is -2.00. The number of aromatic nitrogens is 2. The molecule has 1 aromatic heterocycles. The quantitative estimate of drug-likeness (QED) is 0.892. The molecule has 1 aliphatic rings.